The third-order valence-corrected chi connectivity index (χ3v) is 8.95. The van der Waals surface area contributed by atoms with Crippen molar-refractivity contribution in [3.63, 3.8) is 0 Å². The normalized spacial score (nSPS) is 14.1. The van der Waals surface area contributed by atoms with E-state index < -0.39 is 24.3 Å². The highest BCUT2D eigenvalue weighted by atomic mass is 35.5. The number of halogens is 6. The molecule has 6 rings (SSSR count). The van der Waals surface area contributed by atoms with Crippen molar-refractivity contribution in [2.75, 3.05) is 32.0 Å². The summed E-state index contributed by atoms with van der Waals surface area (Å²) in [4.78, 5) is 34.9. The predicted molar refractivity (Wildman–Crippen MR) is 178 cm³/mol. The Morgan fingerprint density at radius 2 is 1.86 bits per heavy atom. The van der Waals surface area contributed by atoms with Crippen molar-refractivity contribution in [3.05, 3.63) is 95.0 Å². The van der Waals surface area contributed by atoms with Crippen LogP contribution in [0.3, 0.4) is 0 Å². The standard InChI is InChI=1S/C34H32ClF5N8O3/c1-45(14-9-21-3-5-22(6-4-21)34(38,39)40)24-10-15-46(16-11-24)29(49)20-47-19-27(43-32(50)26-18-42-48-13-2-12-41-31(26)48)30(44-47)25-17-23(35)7-8-28(25)51-33(36)37/h2-8,12-13,17-19,24,33H,9-11,14-16,20H2,1H3,(H,43,50). The van der Waals surface area contributed by atoms with Crippen LogP contribution in [0.15, 0.2) is 73.3 Å². The number of alkyl halides is 5. The molecule has 0 unspecified atom stereocenters. The first-order valence-corrected chi connectivity index (χ1v) is 16.3. The number of amides is 2. The van der Waals surface area contributed by atoms with Gasteiger partial charge in [-0.15, -0.1) is 0 Å². The fourth-order valence-electron chi connectivity index (χ4n) is 6.00. The lowest BCUT2D eigenvalue weighted by Crippen LogP contribution is -2.46. The number of rotatable bonds is 11. The minimum Gasteiger partial charge on any atom is -0.434 e. The van der Waals surface area contributed by atoms with Crippen molar-refractivity contribution in [1.29, 1.82) is 0 Å². The van der Waals surface area contributed by atoms with Crippen LogP contribution in [0.2, 0.25) is 5.02 Å². The monoisotopic (exact) mass is 730 g/mol. The van der Waals surface area contributed by atoms with Crippen molar-refractivity contribution in [2.45, 2.75) is 44.6 Å². The van der Waals surface area contributed by atoms with Crippen LogP contribution in [0, 0.1) is 0 Å². The molecule has 1 aliphatic rings. The number of anilines is 1. The fraction of sp³-hybridized carbons (Fsp3) is 0.324. The van der Waals surface area contributed by atoms with Crippen molar-refractivity contribution < 1.29 is 36.3 Å². The fourth-order valence-corrected chi connectivity index (χ4v) is 6.17. The van der Waals surface area contributed by atoms with Crippen LogP contribution in [0.1, 0.15) is 34.3 Å². The number of piperidine rings is 1. The van der Waals surface area contributed by atoms with Gasteiger partial charge in [-0.2, -0.15) is 32.1 Å². The maximum atomic E-state index is 13.5. The van der Waals surface area contributed by atoms with Crippen LogP contribution < -0.4 is 10.1 Å². The minimum absolute atomic E-state index is 0.0483. The molecule has 2 aromatic carbocycles. The number of carbonyl (C=O) groups excluding carboxylic acids is 2. The quantitative estimate of drug-likeness (QED) is 0.159. The summed E-state index contributed by atoms with van der Waals surface area (Å²) in [5, 5.41) is 11.6. The lowest BCUT2D eigenvalue weighted by atomic mass is 10.0. The van der Waals surface area contributed by atoms with Gasteiger partial charge >= 0.3 is 12.8 Å². The van der Waals surface area contributed by atoms with Gasteiger partial charge in [0.25, 0.3) is 5.91 Å². The first-order valence-electron chi connectivity index (χ1n) is 15.9. The molecule has 11 nitrogen and oxygen atoms in total. The number of ether oxygens (including phenoxy) is 1. The Morgan fingerprint density at radius 1 is 1.12 bits per heavy atom. The SMILES string of the molecule is CN(CCc1ccc(C(F)(F)F)cc1)C1CCN(C(=O)Cn2cc(NC(=O)c3cnn4cccnc34)c(-c3cc(Cl)ccc3OC(F)F)n2)CC1. The second kappa shape index (κ2) is 15.0. The third-order valence-electron chi connectivity index (χ3n) is 8.72. The first kappa shape index (κ1) is 35.7. The zero-order valence-corrected chi connectivity index (χ0v) is 27.9. The van der Waals surface area contributed by atoms with E-state index >= 15 is 0 Å². The molecule has 0 aliphatic carbocycles. The largest absolute Gasteiger partial charge is 0.434 e. The van der Waals surface area contributed by atoms with Crippen molar-refractivity contribution >= 4 is 34.7 Å². The summed E-state index contributed by atoms with van der Waals surface area (Å²) in [6, 6.07) is 11.0. The number of nitrogens with one attached hydrogen (secondary N) is 1. The number of nitrogens with zero attached hydrogens (tertiary/aromatic N) is 7. The molecule has 51 heavy (non-hydrogen) atoms. The molecule has 4 heterocycles. The third kappa shape index (κ3) is 8.45. The van der Waals surface area contributed by atoms with Gasteiger partial charge in [0, 0.05) is 54.9 Å². The summed E-state index contributed by atoms with van der Waals surface area (Å²) in [6.07, 6.45) is 3.48. The number of likely N-dealkylation sites (tertiary alicyclic amines) is 1. The molecule has 17 heteroatoms. The van der Waals surface area contributed by atoms with E-state index in [0.717, 1.165) is 17.7 Å². The summed E-state index contributed by atoms with van der Waals surface area (Å²) in [5.74, 6) is -1.07. The Bertz CT molecular complexity index is 2010. The predicted octanol–water partition coefficient (Wildman–Crippen LogP) is 6.28. The Kier molecular flexibility index (Phi) is 10.5. The van der Waals surface area contributed by atoms with Crippen LogP contribution in [-0.4, -0.2) is 85.3 Å². The summed E-state index contributed by atoms with van der Waals surface area (Å²) in [7, 11) is 1.96. The van der Waals surface area contributed by atoms with Crippen LogP contribution in [0.4, 0.5) is 27.6 Å². The number of carbonyl (C=O) groups is 2. The zero-order valence-electron chi connectivity index (χ0n) is 27.2. The lowest BCUT2D eigenvalue weighted by molar-refractivity contribution is -0.137. The summed E-state index contributed by atoms with van der Waals surface area (Å²) >= 11 is 6.22. The smallest absolute Gasteiger partial charge is 0.416 e. The molecule has 0 saturated carbocycles. The number of fused-ring (bicyclic) bond motifs is 1. The molecule has 1 saturated heterocycles. The number of hydrogen-bond acceptors (Lipinski definition) is 7. The Hall–Kier alpha value is -5.09. The lowest BCUT2D eigenvalue weighted by Gasteiger charge is -2.36. The molecule has 5 aromatic rings. The van der Waals surface area contributed by atoms with Crippen LogP contribution in [-0.2, 0) is 23.9 Å². The van der Waals surface area contributed by atoms with E-state index in [-0.39, 0.29) is 57.4 Å². The summed E-state index contributed by atoms with van der Waals surface area (Å²) in [5.41, 5.74) is 0.787. The Labute approximate surface area is 293 Å². The molecule has 0 bridgehead atoms. The van der Waals surface area contributed by atoms with Gasteiger partial charge in [0.1, 0.15) is 23.6 Å². The van der Waals surface area contributed by atoms with Crippen LogP contribution in [0.5, 0.6) is 5.75 Å². The van der Waals surface area contributed by atoms with E-state index in [0.29, 0.717) is 38.9 Å². The maximum absolute atomic E-state index is 13.5. The number of benzene rings is 2. The highest BCUT2D eigenvalue weighted by Gasteiger charge is 2.30. The van der Waals surface area contributed by atoms with Crippen LogP contribution in [0.25, 0.3) is 16.9 Å². The molecule has 1 N–H and O–H groups in total. The van der Waals surface area contributed by atoms with Crippen LogP contribution >= 0.6 is 11.6 Å². The van der Waals surface area contributed by atoms with Gasteiger partial charge < -0.3 is 19.9 Å². The Balaban J connectivity index is 1.14. The molecule has 0 spiro atoms. The van der Waals surface area contributed by atoms with Crippen molar-refractivity contribution in [2.24, 2.45) is 0 Å². The topological polar surface area (TPSA) is 110 Å². The Morgan fingerprint density at radius 3 is 2.57 bits per heavy atom. The van der Waals surface area contributed by atoms with Gasteiger partial charge in [-0.25, -0.2) is 9.50 Å². The van der Waals surface area contributed by atoms with Crippen molar-refractivity contribution in [3.8, 4) is 17.0 Å². The van der Waals surface area contributed by atoms with E-state index in [1.165, 1.54) is 58.1 Å². The van der Waals surface area contributed by atoms with Gasteiger partial charge in [0.2, 0.25) is 5.91 Å². The highest BCUT2D eigenvalue weighted by molar-refractivity contribution is 6.31. The van der Waals surface area contributed by atoms with Gasteiger partial charge in [-0.05, 0) is 68.3 Å². The van der Waals surface area contributed by atoms with Gasteiger partial charge in [0.15, 0.2) is 5.65 Å². The first-order chi connectivity index (χ1) is 24.4. The average Bonchev–Trinajstić information content (AvgIpc) is 3.71. The molecule has 1 fully saturated rings. The number of likely N-dealkylation sites (N-methyl/N-ethyl adjacent to an activating group) is 1. The van der Waals surface area contributed by atoms with E-state index in [4.69, 9.17) is 16.3 Å². The minimum atomic E-state index is -4.38. The molecule has 2 amide bonds. The summed E-state index contributed by atoms with van der Waals surface area (Å²) < 4.78 is 72.8. The van der Waals surface area contributed by atoms with E-state index in [2.05, 4.69) is 25.4 Å². The van der Waals surface area contributed by atoms with E-state index in [1.807, 2.05) is 7.05 Å². The number of hydrogen-bond donors (Lipinski definition) is 1. The second-order valence-electron chi connectivity index (χ2n) is 12.0. The maximum Gasteiger partial charge on any atom is 0.416 e. The average molecular weight is 731 g/mol. The molecule has 268 valence electrons. The zero-order chi connectivity index (χ0) is 36.3. The van der Waals surface area contributed by atoms with E-state index in [9.17, 15) is 31.5 Å². The molecule has 1 aliphatic heterocycles. The highest BCUT2D eigenvalue weighted by Crippen LogP contribution is 2.37. The van der Waals surface area contributed by atoms with E-state index in [1.54, 1.807) is 17.2 Å². The van der Waals surface area contributed by atoms with Gasteiger partial charge in [-0.3, -0.25) is 14.3 Å². The molecular formula is C34H32ClF5N8O3. The summed E-state index contributed by atoms with van der Waals surface area (Å²) in [6.45, 7) is -1.78. The molecular weight excluding hydrogens is 699 g/mol. The molecule has 3 aromatic heterocycles. The number of aromatic nitrogens is 5. The second-order valence-corrected chi connectivity index (χ2v) is 12.5. The molecule has 0 atom stereocenters. The van der Waals surface area contributed by atoms with Gasteiger partial charge in [0.05, 0.1) is 17.4 Å². The molecule has 0 radical (unpaired) electrons. The van der Waals surface area contributed by atoms with Gasteiger partial charge in [-0.1, -0.05) is 23.7 Å². The van der Waals surface area contributed by atoms with Crippen molar-refractivity contribution in [1.82, 2.24) is 34.2 Å².